The number of carbonyl (C=O) groups is 1. The van der Waals surface area contributed by atoms with Gasteiger partial charge >= 0.3 is 0 Å². The summed E-state index contributed by atoms with van der Waals surface area (Å²) < 4.78 is 18.7. The third kappa shape index (κ3) is 3.84. The first-order valence-electron chi connectivity index (χ1n) is 8.08. The molecule has 4 nitrogen and oxygen atoms in total. The van der Waals surface area contributed by atoms with Crippen molar-refractivity contribution >= 4 is 5.91 Å². The average molecular weight is 306 g/mol. The summed E-state index contributed by atoms with van der Waals surface area (Å²) in [7, 11) is 0. The average Bonchev–Trinajstić information content (AvgIpc) is 3.07. The van der Waals surface area contributed by atoms with Crippen molar-refractivity contribution in [2.45, 2.75) is 25.4 Å². The van der Waals surface area contributed by atoms with E-state index in [1.165, 1.54) is 18.6 Å². The summed E-state index contributed by atoms with van der Waals surface area (Å²) in [6.07, 6.45) is 2.60. The molecular formula is C17H23FN2O2. The minimum atomic E-state index is -0.252. The van der Waals surface area contributed by atoms with E-state index in [2.05, 4.69) is 5.32 Å². The van der Waals surface area contributed by atoms with E-state index in [1.54, 1.807) is 12.1 Å². The molecular weight excluding hydrogens is 283 g/mol. The lowest BCUT2D eigenvalue weighted by Crippen LogP contribution is -2.42. The van der Waals surface area contributed by atoms with E-state index < -0.39 is 0 Å². The Labute approximate surface area is 130 Å². The number of carbonyl (C=O) groups excluding carboxylic acids is 1. The minimum Gasteiger partial charge on any atom is -0.370 e. The van der Waals surface area contributed by atoms with Gasteiger partial charge in [0.1, 0.15) is 11.9 Å². The summed E-state index contributed by atoms with van der Waals surface area (Å²) in [4.78, 5) is 14.3. The lowest BCUT2D eigenvalue weighted by molar-refractivity contribution is -0.139. The Morgan fingerprint density at radius 3 is 2.91 bits per heavy atom. The summed E-state index contributed by atoms with van der Waals surface area (Å²) in [6, 6.07) is 6.34. The zero-order chi connectivity index (χ0) is 15.4. The quantitative estimate of drug-likeness (QED) is 0.926. The summed E-state index contributed by atoms with van der Waals surface area (Å²) >= 11 is 0. The Morgan fingerprint density at radius 1 is 1.36 bits per heavy atom. The molecule has 1 N–H and O–H groups in total. The van der Waals surface area contributed by atoms with Gasteiger partial charge in [-0.15, -0.1) is 0 Å². The van der Waals surface area contributed by atoms with Gasteiger partial charge in [-0.25, -0.2) is 4.39 Å². The highest BCUT2D eigenvalue weighted by molar-refractivity contribution is 5.76. The molecule has 120 valence electrons. The predicted octanol–water partition coefficient (Wildman–Crippen LogP) is 2.12. The number of rotatable bonds is 4. The summed E-state index contributed by atoms with van der Waals surface area (Å²) in [5.74, 6) is 0.595. The molecule has 2 atom stereocenters. The van der Waals surface area contributed by atoms with Crippen LogP contribution >= 0.6 is 0 Å². The number of hydrogen-bond acceptors (Lipinski definition) is 3. The molecule has 2 fully saturated rings. The van der Waals surface area contributed by atoms with Gasteiger partial charge in [-0.3, -0.25) is 4.79 Å². The normalized spacial score (nSPS) is 25.4. The van der Waals surface area contributed by atoms with E-state index in [1.807, 2.05) is 4.90 Å². The van der Waals surface area contributed by atoms with E-state index in [0.29, 0.717) is 32.0 Å². The van der Waals surface area contributed by atoms with Gasteiger partial charge in [0.05, 0.1) is 13.2 Å². The van der Waals surface area contributed by atoms with Crippen molar-refractivity contribution in [3.8, 4) is 0 Å². The highest BCUT2D eigenvalue weighted by Crippen LogP contribution is 2.23. The molecule has 0 saturated carbocycles. The molecule has 1 aromatic rings. The van der Waals surface area contributed by atoms with Crippen LogP contribution in [0.3, 0.4) is 0 Å². The fourth-order valence-electron chi connectivity index (χ4n) is 3.20. The number of benzene rings is 1. The van der Waals surface area contributed by atoms with Crippen LogP contribution in [0, 0.1) is 11.7 Å². The van der Waals surface area contributed by atoms with Crippen LogP contribution in [0.1, 0.15) is 30.9 Å². The molecule has 5 heteroatoms. The largest absolute Gasteiger partial charge is 0.370 e. The van der Waals surface area contributed by atoms with Crippen molar-refractivity contribution in [3.63, 3.8) is 0 Å². The summed E-state index contributed by atoms with van der Waals surface area (Å²) in [5, 5.41) is 3.33. The van der Waals surface area contributed by atoms with E-state index >= 15 is 0 Å². The fourth-order valence-corrected chi connectivity index (χ4v) is 3.20. The number of amides is 1. The molecule has 0 radical (unpaired) electrons. The molecule has 1 amide bonds. The van der Waals surface area contributed by atoms with Gasteiger partial charge in [-0.1, -0.05) is 12.1 Å². The predicted molar refractivity (Wildman–Crippen MR) is 81.9 cm³/mol. The van der Waals surface area contributed by atoms with Crippen LogP contribution in [-0.4, -0.2) is 43.6 Å². The van der Waals surface area contributed by atoms with Gasteiger partial charge in [-0.05, 0) is 49.5 Å². The number of hydrogen-bond donors (Lipinski definition) is 1. The molecule has 2 saturated heterocycles. The lowest BCUT2D eigenvalue weighted by Gasteiger charge is -2.33. The zero-order valence-corrected chi connectivity index (χ0v) is 12.8. The van der Waals surface area contributed by atoms with Crippen LogP contribution in [0.5, 0.6) is 0 Å². The lowest BCUT2D eigenvalue weighted by atomic mass is 10.0. The maximum Gasteiger partial charge on any atom is 0.222 e. The molecule has 1 aromatic carbocycles. The Balaban J connectivity index is 1.53. The maximum absolute atomic E-state index is 13.0. The molecule has 0 spiro atoms. The van der Waals surface area contributed by atoms with Gasteiger partial charge in [0.2, 0.25) is 5.91 Å². The van der Waals surface area contributed by atoms with Gasteiger partial charge < -0.3 is 15.0 Å². The molecule has 2 unspecified atom stereocenters. The minimum absolute atomic E-state index is 0.147. The topological polar surface area (TPSA) is 41.6 Å². The number of ether oxygens (including phenoxy) is 1. The Hall–Kier alpha value is -1.46. The second kappa shape index (κ2) is 7.20. The monoisotopic (exact) mass is 306 g/mol. The van der Waals surface area contributed by atoms with Crippen molar-refractivity contribution in [1.82, 2.24) is 10.2 Å². The number of morpholine rings is 1. The highest BCUT2D eigenvalue weighted by Gasteiger charge is 2.26. The summed E-state index contributed by atoms with van der Waals surface area (Å²) in [6.45, 7) is 3.86. The Bertz CT molecular complexity index is 500. The zero-order valence-electron chi connectivity index (χ0n) is 12.8. The molecule has 22 heavy (non-hydrogen) atoms. The first-order valence-corrected chi connectivity index (χ1v) is 8.08. The van der Waals surface area contributed by atoms with E-state index in [0.717, 1.165) is 25.1 Å². The van der Waals surface area contributed by atoms with Crippen LogP contribution in [0.15, 0.2) is 24.3 Å². The van der Waals surface area contributed by atoms with Gasteiger partial charge in [0.15, 0.2) is 0 Å². The highest BCUT2D eigenvalue weighted by atomic mass is 19.1. The molecule has 0 aromatic heterocycles. The third-order valence-corrected chi connectivity index (χ3v) is 4.59. The molecule has 2 heterocycles. The van der Waals surface area contributed by atoms with Crippen molar-refractivity contribution in [3.05, 3.63) is 35.6 Å². The van der Waals surface area contributed by atoms with Crippen molar-refractivity contribution in [2.24, 2.45) is 5.92 Å². The van der Waals surface area contributed by atoms with E-state index in [9.17, 15) is 9.18 Å². The summed E-state index contributed by atoms with van der Waals surface area (Å²) in [5.41, 5.74) is 0.930. The first-order chi connectivity index (χ1) is 10.7. The molecule has 0 bridgehead atoms. The number of halogens is 1. The van der Waals surface area contributed by atoms with Crippen molar-refractivity contribution in [2.75, 3.05) is 32.8 Å². The van der Waals surface area contributed by atoms with Crippen LogP contribution in [0.25, 0.3) is 0 Å². The Morgan fingerprint density at radius 2 is 2.18 bits per heavy atom. The standard InChI is InChI=1S/C17H23FN2O2/c18-15-4-2-14(3-5-15)16-12-20(9-10-22-16)17(21)6-1-13-7-8-19-11-13/h2-5,13,16,19H,1,6-12H2. The SMILES string of the molecule is O=C(CCC1CCNC1)N1CCOC(c2ccc(F)cc2)C1. The maximum atomic E-state index is 13.0. The second-order valence-corrected chi connectivity index (χ2v) is 6.15. The molecule has 2 aliphatic rings. The van der Waals surface area contributed by atoms with Crippen LogP contribution in [-0.2, 0) is 9.53 Å². The van der Waals surface area contributed by atoms with E-state index in [4.69, 9.17) is 4.74 Å². The second-order valence-electron chi connectivity index (χ2n) is 6.15. The van der Waals surface area contributed by atoms with E-state index in [-0.39, 0.29) is 17.8 Å². The van der Waals surface area contributed by atoms with Crippen molar-refractivity contribution in [1.29, 1.82) is 0 Å². The number of nitrogens with zero attached hydrogens (tertiary/aromatic N) is 1. The van der Waals surface area contributed by atoms with Crippen LogP contribution < -0.4 is 5.32 Å². The van der Waals surface area contributed by atoms with Crippen molar-refractivity contribution < 1.29 is 13.9 Å². The van der Waals surface area contributed by atoms with Gasteiger partial charge in [0, 0.05) is 13.0 Å². The van der Waals surface area contributed by atoms with Gasteiger partial charge in [-0.2, -0.15) is 0 Å². The number of nitrogens with one attached hydrogen (secondary N) is 1. The fraction of sp³-hybridized carbons (Fsp3) is 0.588. The third-order valence-electron chi connectivity index (χ3n) is 4.59. The molecule has 3 rings (SSSR count). The van der Waals surface area contributed by atoms with Gasteiger partial charge in [0.25, 0.3) is 0 Å². The smallest absolute Gasteiger partial charge is 0.222 e. The Kier molecular flexibility index (Phi) is 5.05. The molecule has 2 aliphatic heterocycles. The van der Waals surface area contributed by atoms with Crippen LogP contribution in [0.4, 0.5) is 4.39 Å². The first kappa shape index (κ1) is 15.4. The van der Waals surface area contributed by atoms with Crippen LogP contribution in [0.2, 0.25) is 0 Å². The molecule has 0 aliphatic carbocycles.